The minimum atomic E-state index is -2.54. The van der Waals surface area contributed by atoms with Gasteiger partial charge in [0.2, 0.25) is 0 Å². The number of rotatable bonds is 4. The molecule has 0 aromatic heterocycles. The van der Waals surface area contributed by atoms with Gasteiger partial charge in [0, 0.05) is 75.2 Å². The molecule has 0 radical (unpaired) electrons. The minimum Gasteiger partial charge on any atom is -0.508 e. The third-order valence-corrected chi connectivity index (χ3v) is 12.5. The third kappa shape index (κ3) is 5.76. The maximum Gasteiger partial charge on any atom is 0.305 e. The van der Waals surface area contributed by atoms with Crippen molar-refractivity contribution in [3.05, 3.63) is 105 Å². The molecule has 0 saturated carbocycles. The van der Waals surface area contributed by atoms with Crippen molar-refractivity contribution in [2.24, 2.45) is 0 Å². The summed E-state index contributed by atoms with van der Waals surface area (Å²) >= 11 is 0. The largest absolute Gasteiger partial charge is 0.508 e. The van der Waals surface area contributed by atoms with E-state index in [1.165, 1.54) is 0 Å². The Morgan fingerprint density at radius 1 is 0.424 bits per heavy atom. The molecule has 21 heteroatoms. The molecule has 6 aromatic rings. The maximum atomic E-state index is 12.5. The van der Waals surface area contributed by atoms with Crippen LogP contribution in [-0.4, -0.2) is 105 Å². The summed E-state index contributed by atoms with van der Waals surface area (Å²) in [4.78, 5) is 0. The molecule has 0 aliphatic carbocycles. The highest BCUT2D eigenvalue weighted by atomic mass is 16.7. The standard InChI is InChI=1S/C45H36O21/c46-15-7-18(48)30-28(8-15)65-45(14-5-25(55)38(60)26(56)6-14)44(62)35(30)33-29(66-45)11-20(50)32-34(39(61)41(64-43(32)33)13-3-23(53)37(59)24(54)4-13)31-19(49)10-17(47)16-9-27(57)40(63-42(16)31)12-1-21(51)36(58)22(52)2-12/h1-8,10-11,27,34-35,39-41,44,46-62H,9H2. The monoisotopic (exact) mass is 912 g/mol. The first-order chi connectivity index (χ1) is 31.2. The van der Waals surface area contributed by atoms with Crippen molar-refractivity contribution < 1.29 is 106 Å². The van der Waals surface area contributed by atoms with Crippen molar-refractivity contribution in [2.75, 3.05) is 0 Å². The molecule has 0 amide bonds. The molecule has 4 heterocycles. The van der Waals surface area contributed by atoms with E-state index < -0.39 is 158 Å². The first-order valence-electron chi connectivity index (χ1n) is 19.7. The second-order valence-corrected chi connectivity index (χ2v) is 16.4. The number of hydrogen-bond acceptors (Lipinski definition) is 21. The van der Waals surface area contributed by atoms with Gasteiger partial charge in [0.1, 0.15) is 64.0 Å². The van der Waals surface area contributed by atoms with Crippen LogP contribution in [-0.2, 0) is 12.2 Å². The SMILES string of the molecule is Oc1cc(O)c2c(c1)OC1(c3cc(O)c(O)c(O)c3)Oc3cc(O)c4c(c3C2C1O)OC(c1cc(O)c(O)c(O)c1)C(O)C4c1c(O)cc(O)c2c1OC(c1cc(O)c(O)c(O)c1)C(O)C2. The molecule has 6 aromatic carbocycles. The topological polar surface area (TPSA) is 381 Å². The Hall–Kier alpha value is -8.40. The number of phenolic OH excluding ortho intramolecular Hbond substituents is 14. The van der Waals surface area contributed by atoms with Crippen molar-refractivity contribution in [1.29, 1.82) is 0 Å². The Morgan fingerprint density at radius 2 is 0.894 bits per heavy atom. The van der Waals surface area contributed by atoms with Gasteiger partial charge in [0.05, 0.1) is 17.9 Å². The lowest BCUT2D eigenvalue weighted by atomic mass is 9.71. The number of phenols is 14. The van der Waals surface area contributed by atoms with Crippen LogP contribution in [0.15, 0.2) is 60.7 Å². The van der Waals surface area contributed by atoms with E-state index in [0.29, 0.717) is 0 Å². The molecule has 2 bridgehead atoms. The van der Waals surface area contributed by atoms with E-state index in [1.807, 2.05) is 0 Å². The van der Waals surface area contributed by atoms with E-state index in [0.717, 1.165) is 60.7 Å². The Bertz CT molecular complexity index is 3010. The molecular weight excluding hydrogens is 876 g/mol. The van der Waals surface area contributed by atoms with Crippen LogP contribution in [0, 0.1) is 0 Å². The molecule has 4 aliphatic rings. The first kappa shape index (κ1) is 41.6. The van der Waals surface area contributed by atoms with Crippen molar-refractivity contribution in [1.82, 2.24) is 0 Å². The van der Waals surface area contributed by atoms with Gasteiger partial charge in [0.25, 0.3) is 0 Å². The molecule has 0 fully saturated rings. The number of ether oxygens (including phenoxy) is 4. The third-order valence-electron chi connectivity index (χ3n) is 12.5. The van der Waals surface area contributed by atoms with Gasteiger partial charge < -0.3 is 106 Å². The van der Waals surface area contributed by atoms with Crippen LogP contribution in [0.1, 0.15) is 68.6 Å². The lowest BCUT2D eigenvalue weighted by molar-refractivity contribution is -0.219. The van der Waals surface area contributed by atoms with Gasteiger partial charge >= 0.3 is 5.79 Å². The van der Waals surface area contributed by atoms with E-state index in [4.69, 9.17) is 18.9 Å². The predicted molar refractivity (Wildman–Crippen MR) is 217 cm³/mol. The number of benzene rings is 6. The summed E-state index contributed by atoms with van der Waals surface area (Å²) in [5.74, 6) is -18.9. The molecule has 17 N–H and O–H groups in total. The quantitative estimate of drug-likeness (QED) is 0.113. The fraction of sp³-hybridized carbons (Fsp3) is 0.200. The zero-order chi connectivity index (χ0) is 47.2. The number of aliphatic hydroxyl groups is 3. The zero-order valence-corrected chi connectivity index (χ0v) is 33.3. The van der Waals surface area contributed by atoms with Gasteiger partial charge in [-0.1, -0.05) is 0 Å². The average Bonchev–Trinajstić information content (AvgIpc) is 3.24. The maximum absolute atomic E-state index is 12.5. The summed E-state index contributed by atoms with van der Waals surface area (Å²) in [6.45, 7) is 0. The molecule has 8 unspecified atom stereocenters. The molecule has 10 rings (SSSR count). The molecule has 66 heavy (non-hydrogen) atoms. The van der Waals surface area contributed by atoms with E-state index >= 15 is 0 Å². The summed E-state index contributed by atoms with van der Waals surface area (Å²) in [6.07, 6.45) is -9.42. The van der Waals surface area contributed by atoms with Gasteiger partial charge in [-0.2, -0.15) is 0 Å². The van der Waals surface area contributed by atoms with Gasteiger partial charge in [-0.15, -0.1) is 0 Å². The number of hydrogen-bond donors (Lipinski definition) is 17. The number of fused-ring (bicyclic) bond motifs is 9. The second-order valence-electron chi connectivity index (χ2n) is 16.4. The van der Waals surface area contributed by atoms with Crippen LogP contribution in [0.2, 0.25) is 0 Å². The van der Waals surface area contributed by atoms with Crippen LogP contribution in [0.4, 0.5) is 0 Å². The zero-order valence-electron chi connectivity index (χ0n) is 33.3. The normalized spacial score (nSPS) is 24.6. The summed E-state index contributed by atoms with van der Waals surface area (Å²) in [6, 6.07) is 9.34. The van der Waals surface area contributed by atoms with Gasteiger partial charge in [-0.25, -0.2) is 0 Å². The van der Waals surface area contributed by atoms with E-state index in [1.54, 1.807) is 0 Å². The highest BCUT2D eigenvalue weighted by molar-refractivity contribution is 5.72. The van der Waals surface area contributed by atoms with Crippen LogP contribution in [0.25, 0.3) is 0 Å². The average molecular weight is 913 g/mol. The van der Waals surface area contributed by atoms with Crippen LogP contribution in [0.5, 0.6) is 103 Å². The van der Waals surface area contributed by atoms with Crippen molar-refractivity contribution in [3.8, 4) is 103 Å². The highest BCUT2D eigenvalue weighted by Gasteiger charge is 2.61. The molecule has 342 valence electrons. The first-order valence-corrected chi connectivity index (χ1v) is 19.7. The van der Waals surface area contributed by atoms with Crippen LogP contribution < -0.4 is 18.9 Å². The van der Waals surface area contributed by atoms with E-state index in [2.05, 4.69) is 0 Å². The van der Waals surface area contributed by atoms with Crippen LogP contribution >= 0.6 is 0 Å². The smallest absolute Gasteiger partial charge is 0.305 e. The summed E-state index contributed by atoms with van der Waals surface area (Å²) in [5, 5.41) is 187. The summed E-state index contributed by atoms with van der Waals surface area (Å²) in [5.41, 5.74) is -2.10. The van der Waals surface area contributed by atoms with Crippen molar-refractivity contribution in [2.45, 2.75) is 54.6 Å². The van der Waals surface area contributed by atoms with Crippen LogP contribution in [0.3, 0.4) is 0 Å². The highest BCUT2D eigenvalue weighted by Crippen LogP contribution is 2.66. The fourth-order valence-corrected chi connectivity index (χ4v) is 9.53. The summed E-state index contributed by atoms with van der Waals surface area (Å²) < 4.78 is 25.3. The van der Waals surface area contributed by atoms with Gasteiger partial charge in [-0.05, 0) is 36.4 Å². The number of aliphatic hydroxyl groups excluding tert-OH is 3. The molecule has 0 spiro atoms. The van der Waals surface area contributed by atoms with Gasteiger partial charge in [0.15, 0.2) is 64.0 Å². The Kier molecular flexibility index (Phi) is 8.86. The Morgan fingerprint density at radius 3 is 1.47 bits per heavy atom. The van der Waals surface area contributed by atoms with Gasteiger partial charge in [-0.3, -0.25) is 0 Å². The minimum absolute atomic E-state index is 0.110. The predicted octanol–water partition coefficient (Wildman–Crippen LogP) is 3.36. The molecule has 21 nitrogen and oxygen atoms in total. The van der Waals surface area contributed by atoms with E-state index in [-0.39, 0.29) is 44.9 Å². The molecule has 0 saturated heterocycles. The Balaban J connectivity index is 1.26. The summed E-state index contributed by atoms with van der Waals surface area (Å²) in [7, 11) is 0. The number of aromatic hydroxyl groups is 14. The van der Waals surface area contributed by atoms with Crippen molar-refractivity contribution in [3.63, 3.8) is 0 Å². The van der Waals surface area contributed by atoms with E-state index in [9.17, 15) is 86.8 Å². The fourth-order valence-electron chi connectivity index (χ4n) is 9.53. The second kappa shape index (κ2) is 14.0. The lowest BCUT2D eigenvalue weighted by Gasteiger charge is -2.51. The Labute approximate surface area is 368 Å². The van der Waals surface area contributed by atoms with Crippen molar-refractivity contribution >= 4 is 0 Å². The lowest BCUT2D eigenvalue weighted by Crippen LogP contribution is -2.57. The molecule has 4 aliphatic heterocycles. The molecule has 8 atom stereocenters. The molecular formula is C45H36O21.